The van der Waals surface area contributed by atoms with Crippen molar-refractivity contribution < 1.29 is 5.11 Å². The minimum absolute atomic E-state index is 0.0629. The minimum atomic E-state index is -0.0629. The number of halogens is 1. The Morgan fingerprint density at radius 3 is 2.62 bits per heavy atom. The zero-order valence-electron chi connectivity index (χ0n) is 9.83. The number of anilines is 1. The summed E-state index contributed by atoms with van der Waals surface area (Å²) in [6.45, 7) is 5.10. The summed E-state index contributed by atoms with van der Waals surface area (Å²) in [7, 11) is 0. The van der Waals surface area contributed by atoms with E-state index in [0.29, 0.717) is 5.02 Å². The maximum absolute atomic E-state index is 9.44. The van der Waals surface area contributed by atoms with Crippen LogP contribution < -0.4 is 5.32 Å². The van der Waals surface area contributed by atoms with Gasteiger partial charge in [0.1, 0.15) is 0 Å². The lowest BCUT2D eigenvalue weighted by Crippen LogP contribution is -2.32. The molecule has 0 aromatic carbocycles. The molecule has 0 fully saturated rings. The Hall–Kier alpha value is -0.800. The van der Waals surface area contributed by atoms with Crippen molar-refractivity contribution in [2.75, 3.05) is 18.5 Å². The Morgan fingerprint density at radius 2 is 2.12 bits per heavy atom. The Balaban J connectivity index is 2.66. The maximum Gasteiger partial charge on any atom is 0.0820 e. The van der Waals surface area contributed by atoms with Crippen molar-refractivity contribution in [3.63, 3.8) is 0 Å². The van der Waals surface area contributed by atoms with Gasteiger partial charge in [0, 0.05) is 24.4 Å². The largest absolute Gasteiger partial charge is 0.396 e. The van der Waals surface area contributed by atoms with E-state index in [1.807, 2.05) is 6.07 Å². The minimum Gasteiger partial charge on any atom is -0.396 e. The summed E-state index contributed by atoms with van der Waals surface area (Å²) in [4.78, 5) is 3.93. The smallest absolute Gasteiger partial charge is 0.0820 e. The number of pyridine rings is 1. The molecular weight excluding hydrogens is 224 g/mol. The number of hydrogen-bond donors (Lipinski definition) is 2. The van der Waals surface area contributed by atoms with Crippen molar-refractivity contribution in [3.8, 4) is 0 Å². The molecule has 0 bridgehead atoms. The van der Waals surface area contributed by atoms with Gasteiger partial charge in [0.2, 0.25) is 0 Å². The van der Waals surface area contributed by atoms with Crippen molar-refractivity contribution in [2.24, 2.45) is 5.41 Å². The van der Waals surface area contributed by atoms with Crippen LogP contribution in [0.15, 0.2) is 18.5 Å². The molecule has 0 unspecified atom stereocenters. The molecular formula is C12H19ClN2O. The zero-order valence-corrected chi connectivity index (χ0v) is 10.6. The second-order valence-corrected chi connectivity index (χ2v) is 4.48. The van der Waals surface area contributed by atoms with E-state index >= 15 is 0 Å². The molecule has 1 aromatic rings. The van der Waals surface area contributed by atoms with Gasteiger partial charge in [-0.1, -0.05) is 25.4 Å². The second kappa shape index (κ2) is 6.06. The highest BCUT2D eigenvalue weighted by atomic mass is 35.5. The number of aliphatic hydroxyl groups is 1. The lowest BCUT2D eigenvalue weighted by molar-refractivity contribution is 0.127. The fraction of sp³-hybridized carbons (Fsp3) is 0.583. The summed E-state index contributed by atoms with van der Waals surface area (Å²) in [6.07, 6.45) is 5.19. The molecule has 1 aromatic heterocycles. The average Bonchev–Trinajstić information content (AvgIpc) is 2.34. The SMILES string of the molecule is CCC(CC)(CO)CNc1ccncc1Cl. The Morgan fingerprint density at radius 1 is 1.44 bits per heavy atom. The first-order chi connectivity index (χ1) is 7.67. The van der Waals surface area contributed by atoms with Gasteiger partial charge in [0.25, 0.3) is 0 Å². The first-order valence-corrected chi connectivity index (χ1v) is 5.99. The standard InChI is InChI=1S/C12H19ClN2O/c1-3-12(4-2,9-16)8-15-11-5-6-14-7-10(11)13/h5-7,16H,3-4,8-9H2,1-2H3,(H,14,15). The van der Waals surface area contributed by atoms with Crippen molar-refractivity contribution in [1.29, 1.82) is 0 Å². The van der Waals surface area contributed by atoms with Gasteiger partial charge in [-0.2, -0.15) is 0 Å². The van der Waals surface area contributed by atoms with Gasteiger partial charge in [0.15, 0.2) is 0 Å². The average molecular weight is 243 g/mol. The summed E-state index contributed by atoms with van der Waals surface area (Å²) in [5.41, 5.74) is 0.809. The first kappa shape index (κ1) is 13.3. The van der Waals surface area contributed by atoms with Crippen molar-refractivity contribution in [1.82, 2.24) is 4.98 Å². The third kappa shape index (κ3) is 3.09. The van der Waals surface area contributed by atoms with Gasteiger partial charge in [-0.15, -0.1) is 0 Å². The van der Waals surface area contributed by atoms with Gasteiger partial charge in [-0.3, -0.25) is 4.98 Å². The predicted octanol–water partition coefficient (Wildman–Crippen LogP) is 2.95. The molecule has 0 atom stereocenters. The Bertz CT molecular complexity index is 318. The van der Waals surface area contributed by atoms with Crippen LogP contribution in [-0.4, -0.2) is 23.2 Å². The normalized spacial score (nSPS) is 11.5. The first-order valence-electron chi connectivity index (χ1n) is 5.61. The van der Waals surface area contributed by atoms with E-state index in [1.54, 1.807) is 12.4 Å². The van der Waals surface area contributed by atoms with Crippen LogP contribution in [0.1, 0.15) is 26.7 Å². The van der Waals surface area contributed by atoms with Crippen molar-refractivity contribution in [2.45, 2.75) is 26.7 Å². The van der Waals surface area contributed by atoms with Gasteiger partial charge < -0.3 is 10.4 Å². The molecule has 2 N–H and O–H groups in total. The van der Waals surface area contributed by atoms with E-state index in [2.05, 4.69) is 24.1 Å². The van der Waals surface area contributed by atoms with Crippen LogP contribution in [0.3, 0.4) is 0 Å². The lowest BCUT2D eigenvalue weighted by Gasteiger charge is -2.30. The summed E-state index contributed by atoms with van der Waals surface area (Å²) in [5, 5.41) is 13.3. The zero-order chi connectivity index (χ0) is 12.0. The van der Waals surface area contributed by atoms with Crippen LogP contribution in [0.4, 0.5) is 5.69 Å². The number of nitrogens with zero attached hydrogens (tertiary/aromatic N) is 1. The topological polar surface area (TPSA) is 45.1 Å². The molecule has 0 radical (unpaired) electrons. The van der Waals surface area contributed by atoms with Gasteiger partial charge in [-0.25, -0.2) is 0 Å². The molecule has 0 aliphatic heterocycles. The fourth-order valence-corrected chi connectivity index (χ4v) is 1.77. The molecule has 90 valence electrons. The van der Waals surface area contributed by atoms with Crippen LogP contribution in [-0.2, 0) is 0 Å². The number of hydrogen-bond acceptors (Lipinski definition) is 3. The molecule has 0 saturated carbocycles. The summed E-state index contributed by atoms with van der Waals surface area (Å²) in [5.74, 6) is 0. The van der Waals surface area contributed by atoms with Crippen LogP contribution in [0.5, 0.6) is 0 Å². The highest BCUT2D eigenvalue weighted by molar-refractivity contribution is 6.33. The molecule has 4 heteroatoms. The number of nitrogens with one attached hydrogen (secondary N) is 1. The molecule has 1 rings (SSSR count). The third-order valence-corrected chi connectivity index (χ3v) is 3.56. The molecule has 0 spiro atoms. The number of rotatable bonds is 6. The second-order valence-electron chi connectivity index (χ2n) is 4.07. The Kier molecular flexibility index (Phi) is 5.03. The summed E-state index contributed by atoms with van der Waals surface area (Å²) in [6, 6.07) is 1.84. The van der Waals surface area contributed by atoms with E-state index in [9.17, 15) is 5.11 Å². The maximum atomic E-state index is 9.44. The van der Waals surface area contributed by atoms with E-state index in [0.717, 1.165) is 25.1 Å². The lowest BCUT2D eigenvalue weighted by atomic mass is 9.83. The summed E-state index contributed by atoms with van der Waals surface area (Å²) < 4.78 is 0. The van der Waals surface area contributed by atoms with E-state index in [4.69, 9.17) is 11.6 Å². The van der Waals surface area contributed by atoms with Gasteiger partial charge >= 0.3 is 0 Å². The van der Waals surface area contributed by atoms with Crippen molar-refractivity contribution >= 4 is 17.3 Å². The number of aromatic nitrogens is 1. The van der Waals surface area contributed by atoms with Crippen molar-refractivity contribution in [3.05, 3.63) is 23.5 Å². The fourth-order valence-electron chi connectivity index (χ4n) is 1.58. The molecule has 0 aliphatic rings. The van der Waals surface area contributed by atoms with Gasteiger partial charge in [0.05, 0.1) is 17.3 Å². The van der Waals surface area contributed by atoms with E-state index in [1.165, 1.54) is 0 Å². The highest BCUT2D eigenvalue weighted by Gasteiger charge is 2.24. The monoisotopic (exact) mass is 242 g/mol. The quantitative estimate of drug-likeness (QED) is 0.806. The molecule has 0 saturated heterocycles. The molecule has 0 aliphatic carbocycles. The Labute approximate surface area is 102 Å². The third-order valence-electron chi connectivity index (χ3n) is 3.26. The van der Waals surface area contributed by atoms with Crippen LogP contribution >= 0.6 is 11.6 Å². The summed E-state index contributed by atoms with van der Waals surface area (Å²) >= 11 is 6.00. The molecule has 1 heterocycles. The molecule has 16 heavy (non-hydrogen) atoms. The molecule has 3 nitrogen and oxygen atoms in total. The van der Waals surface area contributed by atoms with Crippen LogP contribution in [0.25, 0.3) is 0 Å². The van der Waals surface area contributed by atoms with E-state index < -0.39 is 0 Å². The van der Waals surface area contributed by atoms with Crippen LogP contribution in [0.2, 0.25) is 5.02 Å². The highest BCUT2D eigenvalue weighted by Crippen LogP contribution is 2.27. The predicted molar refractivity (Wildman–Crippen MR) is 67.8 cm³/mol. The van der Waals surface area contributed by atoms with Gasteiger partial charge in [-0.05, 0) is 18.9 Å². The van der Waals surface area contributed by atoms with E-state index in [-0.39, 0.29) is 12.0 Å². The number of aliphatic hydroxyl groups excluding tert-OH is 1. The van der Waals surface area contributed by atoms with Crippen LogP contribution in [0, 0.1) is 5.41 Å². The molecule has 0 amide bonds.